The number of hydrogen-bond donors (Lipinski definition) is 2. The monoisotopic (exact) mass is 408 g/mol. The van der Waals surface area contributed by atoms with Gasteiger partial charge in [0.2, 0.25) is 0 Å². The van der Waals surface area contributed by atoms with E-state index in [2.05, 4.69) is 20.8 Å². The van der Waals surface area contributed by atoms with Crippen LogP contribution < -0.4 is 0 Å². The zero-order valence-corrected chi connectivity index (χ0v) is 19.6. The Morgan fingerprint density at radius 1 is 0.897 bits per heavy atom. The summed E-state index contributed by atoms with van der Waals surface area (Å²) in [7, 11) is 0. The summed E-state index contributed by atoms with van der Waals surface area (Å²) in [6, 6.07) is 0. The summed E-state index contributed by atoms with van der Waals surface area (Å²) in [5.41, 5.74) is 2.53. The Labute approximate surface area is 180 Å². The average Bonchev–Trinajstić information content (AvgIpc) is 2.70. The molecule has 0 aromatic carbocycles. The molecule has 29 heavy (non-hydrogen) atoms. The van der Waals surface area contributed by atoms with E-state index in [0.717, 1.165) is 51.4 Å². The van der Waals surface area contributed by atoms with Gasteiger partial charge in [0.05, 0.1) is 12.2 Å². The first-order chi connectivity index (χ1) is 13.9. The van der Waals surface area contributed by atoms with E-state index in [0.29, 0.717) is 24.5 Å². The molecular weight excluding hydrogens is 360 g/mol. The third kappa shape index (κ3) is 12.6. The molecule has 0 spiro atoms. The number of hydrogen-bond acceptors (Lipinski definition) is 3. The number of carbonyl (C=O) groups excluding carboxylic acids is 1. The number of Topliss-reactive ketones (excluding diaryl/α,β-unsaturated/α-hetero) is 1. The van der Waals surface area contributed by atoms with Crippen molar-refractivity contribution >= 4 is 5.78 Å². The number of carbonyl (C=O) groups is 1. The lowest BCUT2D eigenvalue weighted by atomic mass is 9.83. The molecule has 0 radical (unpaired) electrons. The normalized spacial score (nSPS) is 21.7. The first-order valence-corrected chi connectivity index (χ1v) is 12.5. The minimum Gasteiger partial charge on any atom is -0.393 e. The van der Waals surface area contributed by atoms with Crippen molar-refractivity contribution in [2.75, 3.05) is 0 Å². The summed E-state index contributed by atoms with van der Waals surface area (Å²) < 4.78 is 0. The summed E-state index contributed by atoms with van der Waals surface area (Å²) in [6.45, 7) is 6.36. The van der Waals surface area contributed by atoms with Crippen molar-refractivity contribution in [2.24, 2.45) is 5.92 Å². The van der Waals surface area contributed by atoms with E-state index in [4.69, 9.17) is 0 Å². The van der Waals surface area contributed by atoms with Gasteiger partial charge in [0, 0.05) is 12.8 Å². The van der Waals surface area contributed by atoms with Crippen LogP contribution in [0, 0.1) is 5.92 Å². The van der Waals surface area contributed by atoms with Crippen LogP contribution in [0.2, 0.25) is 0 Å². The van der Waals surface area contributed by atoms with Gasteiger partial charge in [-0.2, -0.15) is 0 Å². The fourth-order valence-electron chi connectivity index (χ4n) is 4.52. The molecule has 170 valence electrons. The molecule has 0 saturated heterocycles. The van der Waals surface area contributed by atoms with E-state index in [1.54, 1.807) is 0 Å². The zero-order valence-electron chi connectivity index (χ0n) is 19.6. The minimum atomic E-state index is -0.234. The van der Waals surface area contributed by atoms with Crippen LogP contribution in [0.3, 0.4) is 0 Å². The summed E-state index contributed by atoms with van der Waals surface area (Å²) >= 11 is 0. The van der Waals surface area contributed by atoms with Gasteiger partial charge < -0.3 is 10.2 Å². The minimum absolute atomic E-state index is 0.0536. The number of aliphatic hydroxyl groups is 2. The van der Waals surface area contributed by atoms with Gasteiger partial charge in [-0.15, -0.1) is 0 Å². The van der Waals surface area contributed by atoms with E-state index in [9.17, 15) is 15.0 Å². The van der Waals surface area contributed by atoms with Crippen LogP contribution in [-0.4, -0.2) is 28.2 Å². The Morgan fingerprint density at radius 3 is 2.31 bits per heavy atom. The number of aliphatic hydroxyl groups excluding tert-OH is 2. The van der Waals surface area contributed by atoms with E-state index in [-0.39, 0.29) is 12.2 Å². The average molecular weight is 409 g/mol. The molecule has 0 amide bonds. The van der Waals surface area contributed by atoms with Gasteiger partial charge in [-0.25, -0.2) is 0 Å². The highest BCUT2D eigenvalue weighted by atomic mass is 16.3. The molecule has 3 heteroatoms. The van der Waals surface area contributed by atoms with Crippen LogP contribution >= 0.6 is 0 Å². The Morgan fingerprint density at radius 2 is 1.59 bits per heavy atom. The molecule has 2 N–H and O–H groups in total. The maximum Gasteiger partial charge on any atom is 0.133 e. The highest BCUT2D eigenvalue weighted by Crippen LogP contribution is 2.28. The largest absolute Gasteiger partial charge is 0.393 e. The molecular formula is C26H48O3. The van der Waals surface area contributed by atoms with Crippen LogP contribution in [0.1, 0.15) is 130 Å². The second-order valence-corrected chi connectivity index (χ2v) is 9.52. The van der Waals surface area contributed by atoms with Gasteiger partial charge in [-0.3, -0.25) is 4.79 Å². The molecule has 0 bridgehead atoms. The highest BCUT2D eigenvalue weighted by Gasteiger charge is 2.22. The van der Waals surface area contributed by atoms with Crippen LogP contribution in [0.4, 0.5) is 0 Å². The van der Waals surface area contributed by atoms with Crippen LogP contribution in [0.5, 0.6) is 0 Å². The van der Waals surface area contributed by atoms with Crippen LogP contribution in [0.15, 0.2) is 11.1 Å². The van der Waals surface area contributed by atoms with Gasteiger partial charge in [-0.1, -0.05) is 69.4 Å². The van der Waals surface area contributed by atoms with Crippen molar-refractivity contribution in [1.29, 1.82) is 0 Å². The standard InChI is InChI=1S/C26H48O3/c1-4-5-15-25(28)20-22(3)21(2)18-19-24(27)16-10-8-6-7-9-13-23-14-11-12-17-26(23)29/h23,25-26,28-29H,4-20H2,1-3H3. The zero-order chi connectivity index (χ0) is 21.5. The fraction of sp³-hybridized carbons (Fsp3) is 0.885. The van der Waals surface area contributed by atoms with E-state index < -0.39 is 0 Å². The molecule has 0 aliphatic heterocycles. The summed E-state index contributed by atoms with van der Waals surface area (Å²) in [5, 5.41) is 20.1. The molecule has 0 heterocycles. The maximum absolute atomic E-state index is 12.2. The topological polar surface area (TPSA) is 57.5 Å². The van der Waals surface area contributed by atoms with Crippen molar-refractivity contribution in [3.05, 3.63) is 11.1 Å². The Hall–Kier alpha value is -0.670. The molecule has 3 unspecified atom stereocenters. The molecule has 1 rings (SSSR count). The van der Waals surface area contributed by atoms with Gasteiger partial charge in [0.25, 0.3) is 0 Å². The smallest absolute Gasteiger partial charge is 0.133 e. The first kappa shape index (κ1) is 26.4. The predicted octanol–water partition coefficient (Wildman–Crippen LogP) is 6.90. The number of unbranched alkanes of at least 4 members (excludes halogenated alkanes) is 5. The molecule has 3 nitrogen and oxygen atoms in total. The molecule has 0 aromatic rings. The van der Waals surface area contributed by atoms with E-state index in [1.165, 1.54) is 56.1 Å². The third-order valence-corrected chi connectivity index (χ3v) is 6.84. The first-order valence-electron chi connectivity index (χ1n) is 12.5. The Kier molecular flexibility index (Phi) is 14.6. The maximum atomic E-state index is 12.2. The van der Waals surface area contributed by atoms with Crippen molar-refractivity contribution in [3.63, 3.8) is 0 Å². The summed E-state index contributed by atoms with van der Waals surface area (Å²) in [6.07, 6.45) is 17.5. The second kappa shape index (κ2) is 16.1. The highest BCUT2D eigenvalue weighted by molar-refractivity contribution is 5.78. The SMILES string of the molecule is CCCCC(O)CC(C)=C(C)CCC(=O)CCCCCCCC1CCCCC1O. The van der Waals surface area contributed by atoms with E-state index >= 15 is 0 Å². The molecule has 1 saturated carbocycles. The number of rotatable bonds is 16. The molecule has 1 aliphatic carbocycles. The lowest BCUT2D eigenvalue weighted by Gasteiger charge is -2.27. The molecule has 1 fully saturated rings. The number of ketones is 1. The molecule has 3 atom stereocenters. The molecule has 1 aliphatic rings. The third-order valence-electron chi connectivity index (χ3n) is 6.84. The van der Waals surface area contributed by atoms with Crippen LogP contribution in [0.25, 0.3) is 0 Å². The molecule has 0 aromatic heterocycles. The lowest BCUT2D eigenvalue weighted by molar-refractivity contribution is -0.119. The van der Waals surface area contributed by atoms with Gasteiger partial charge in [0.15, 0.2) is 0 Å². The Bertz CT molecular complexity index is 469. The lowest BCUT2D eigenvalue weighted by Crippen LogP contribution is -2.24. The van der Waals surface area contributed by atoms with Crippen molar-refractivity contribution < 1.29 is 15.0 Å². The van der Waals surface area contributed by atoms with Crippen molar-refractivity contribution in [2.45, 2.75) is 142 Å². The summed E-state index contributed by atoms with van der Waals surface area (Å²) in [4.78, 5) is 12.2. The van der Waals surface area contributed by atoms with Crippen molar-refractivity contribution in [3.8, 4) is 0 Å². The summed E-state index contributed by atoms with van der Waals surface area (Å²) in [5.74, 6) is 0.923. The Balaban J connectivity index is 2.04. The fourth-order valence-corrected chi connectivity index (χ4v) is 4.52. The van der Waals surface area contributed by atoms with Gasteiger partial charge in [0.1, 0.15) is 5.78 Å². The van der Waals surface area contributed by atoms with Crippen LogP contribution in [-0.2, 0) is 4.79 Å². The van der Waals surface area contributed by atoms with Gasteiger partial charge >= 0.3 is 0 Å². The quantitative estimate of drug-likeness (QED) is 0.216. The predicted molar refractivity (Wildman–Crippen MR) is 123 cm³/mol. The van der Waals surface area contributed by atoms with E-state index in [1.807, 2.05) is 0 Å². The number of allylic oxidation sites excluding steroid dienone is 1. The van der Waals surface area contributed by atoms with Gasteiger partial charge in [-0.05, 0) is 64.7 Å². The van der Waals surface area contributed by atoms with Crippen molar-refractivity contribution in [1.82, 2.24) is 0 Å². The second-order valence-electron chi connectivity index (χ2n) is 9.52.